The van der Waals surface area contributed by atoms with Crippen molar-refractivity contribution in [2.24, 2.45) is 0 Å². The molecular formula is C18H37N5O7PTi+. The zero-order valence-corrected chi connectivity index (χ0v) is 22.0. The number of rotatable bonds is 5. The molecule has 0 aromatic carbocycles. The van der Waals surface area contributed by atoms with Gasteiger partial charge in [0.15, 0.2) is 0 Å². The summed E-state index contributed by atoms with van der Waals surface area (Å²) in [6.07, 6.45) is 7.77. The second-order valence-electron chi connectivity index (χ2n) is 6.96. The molecule has 184 valence electrons. The Hall–Kier alpha value is -0.916. The van der Waals surface area contributed by atoms with E-state index in [2.05, 4.69) is 10.6 Å². The SMILES string of the molecule is CN(C)[P+](O)(N(C)C)N(C)C.O=C(O)C1=CC=CC[N-]1.O=C(O)C1CCCC[N-]1.OO.[Ti+2]. The van der Waals surface area contributed by atoms with Gasteiger partial charge in [0, 0.05) is 42.3 Å². The van der Waals surface area contributed by atoms with E-state index in [0.717, 1.165) is 25.8 Å². The predicted molar refractivity (Wildman–Crippen MR) is 122 cm³/mol. The van der Waals surface area contributed by atoms with Crippen molar-refractivity contribution in [1.29, 1.82) is 0 Å². The van der Waals surface area contributed by atoms with Crippen molar-refractivity contribution in [2.45, 2.75) is 25.3 Å². The summed E-state index contributed by atoms with van der Waals surface area (Å²) in [6, 6.07) is -0.404. The van der Waals surface area contributed by atoms with Gasteiger partial charge < -0.3 is 20.8 Å². The van der Waals surface area contributed by atoms with E-state index in [1.165, 1.54) is 6.08 Å². The molecule has 12 nitrogen and oxygen atoms in total. The molecule has 1 atom stereocenters. The van der Waals surface area contributed by atoms with Crippen molar-refractivity contribution in [3.05, 3.63) is 34.6 Å². The molecule has 0 amide bonds. The zero-order valence-electron chi connectivity index (χ0n) is 19.6. The molecule has 1 unspecified atom stereocenters. The van der Waals surface area contributed by atoms with Gasteiger partial charge in [-0.1, -0.05) is 37.1 Å². The number of carboxylic acids is 2. The molecule has 2 aliphatic heterocycles. The summed E-state index contributed by atoms with van der Waals surface area (Å²) >= 11 is 0. The van der Waals surface area contributed by atoms with Gasteiger partial charge in [0.25, 0.3) is 5.97 Å². The first-order valence-electron chi connectivity index (χ1n) is 9.46. The van der Waals surface area contributed by atoms with Crippen LogP contribution in [0.2, 0.25) is 0 Å². The zero-order chi connectivity index (χ0) is 24.6. The number of carbonyl (C=O) groups is 2. The van der Waals surface area contributed by atoms with Gasteiger partial charge in [0.05, 0.1) is 0 Å². The van der Waals surface area contributed by atoms with Gasteiger partial charge in [-0.25, -0.2) is 4.79 Å². The molecule has 14 heteroatoms. The van der Waals surface area contributed by atoms with E-state index in [-0.39, 0.29) is 27.4 Å². The molecule has 0 aliphatic carbocycles. The second kappa shape index (κ2) is 19.5. The third-order valence-corrected chi connectivity index (χ3v) is 7.33. The van der Waals surface area contributed by atoms with Crippen molar-refractivity contribution in [2.75, 3.05) is 55.4 Å². The normalized spacial score (nSPS) is 17.2. The predicted octanol–water partition coefficient (Wildman–Crippen LogP) is 2.25. The average Bonchev–Trinajstić information content (AvgIpc) is 2.76. The van der Waals surface area contributed by atoms with Crippen molar-refractivity contribution in [1.82, 2.24) is 14.0 Å². The van der Waals surface area contributed by atoms with Crippen LogP contribution in [0.1, 0.15) is 19.3 Å². The maximum Gasteiger partial charge on any atom is 2.00 e. The Balaban J connectivity index is -0.000000375. The fourth-order valence-corrected chi connectivity index (χ4v) is 4.77. The van der Waals surface area contributed by atoms with Crippen LogP contribution in [0.15, 0.2) is 23.9 Å². The summed E-state index contributed by atoms with van der Waals surface area (Å²) in [5, 5.41) is 36.4. The Morgan fingerprint density at radius 1 is 1.00 bits per heavy atom. The maximum absolute atomic E-state index is 10.3. The summed E-state index contributed by atoms with van der Waals surface area (Å²) in [4.78, 5) is 30.6. The van der Waals surface area contributed by atoms with Gasteiger partial charge in [-0.15, -0.1) is 33.2 Å². The molecule has 0 spiro atoms. The minimum Gasteiger partial charge on any atom is -0.675 e. The number of nitrogens with zero attached hydrogens (tertiary/aromatic N) is 5. The third kappa shape index (κ3) is 13.6. The van der Waals surface area contributed by atoms with Crippen LogP contribution in [0.5, 0.6) is 0 Å². The molecule has 2 heterocycles. The van der Waals surface area contributed by atoms with Gasteiger partial charge in [-0.3, -0.25) is 15.3 Å². The van der Waals surface area contributed by atoms with E-state index < -0.39 is 25.9 Å². The Morgan fingerprint density at radius 3 is 1.69 bits per heavy atom. The Morgan fingerprint density at radius 2 is 1.50 bits per heavy atom. The Kier molecular flexibility index (Phi) is 21.8. The van der Waals surface area contributed by atoms with E-state index in [0.29, 0.717) is 6.54 Å². The van der Waals surface area contributed by atoms with Crippen LogP contribution >= 0.6 is 7.94 Å². The number of hydrogen-bond donors (Lipinski definition) is 5. The quantitative estimate of drug-likeness (QED) is 0.158. The molecule has 32 heavy (non-hydrogen) atoms. The molecule has 5 N–H and O–H groups in total. The van der Waals surface area contributed by atoms with Crippen LogP contribution in [-0.2, 0) is 31.3 Å². The summed E-state index contributed by atoms with van der Waals surface area (Å²) in [5.74, 6) is -1.73. The molecule has 2 aliphatic rings. The molecule has 0 aromatic heterocycles. The van der Waals surface area contributed by atoms with Gasteiger partial charge in [0.1, 0.15) is 0 Å². The minimum atomic E-state index is -2.19. The van der Waals surface area contributed by atoms with Gasteiger partial charge >= 0.3 is 35.6 Å². The van der Waals surface area contributed by atoms with E-state index in [1.807, 2.05) is 56.3 Å². The largest absolute Gasteiger partial charge is 2.00 e. The van der Waals surface area contributed by atoms with E-state index in [9.17, 15) is 14.5 Å². The maximum atomic E-state index is 10.3. The van der Waals surface area contributed by atoms with Crippen molar-refractivity contribution in [3.63, 3.8) is 0 Å². The average molecular weight is 514 g/mol. The molecule has 0 radical (unpaired) electrons. The van der Waals surface area contributed by atoms with Crippen LogP contribution < -0.4 is 0 Å². The van der Waals surface area contributed by atoms with Crippen molar-refractivity contribution in [3.8, 4) is 0 Å². The summed E-state index contributed by atoms with van der Waals surface area (Å²) in [6.45, 7) is 1.22. The molecule has 1 fully saturated rings. The molecule has 2 rings (SSSR count). The number of piperidine rings is 1. The first-order valence-corrected chi connectivity index (χ1v) is 11.1. The van der Waals surface area contributed by atoms with Gasteiger partial charge in [-0.05, 0) is 6.04 Å². The van der Waals surface area contributed by atoms with E-state index >= 15 is 0 Å². The van der Waals surface area contributed by atoms with Crippen LogP contribution in [0.4, 0.5) is 0 Å². The van der Waals surface area contributed by atoms with Crippen LogP contribution in [-0.4, -0.2) is 113 Å². The number of allylic oxidation sites excluding steroid dienone is 2. The first-order chi connectivity index (χ1) is 14.4. The summed E-state index contributed by atoms with van der Waals surface area (Å²) in [7, 11) is 9.11. The number of carboxylic acid groups (broad SMARTS) is 2. The molecule has 0 bridgehead atoms. The number of aliphatic carboxylic acids is 2. The fraction of sp³-hybridized carbons (Fsp3) is 0.667. The summed E-state index contributed by atoms with van der Waals surface area (Å²) in [5.41, 5.74) is 0.137. The van der Waals surface area contributed by atoms with E-state index in [1.54, 1.807) is 12.2 Å². The summed E-state index contributed by atoms with van der Waals surface area (Å²) < 4.78 is 5.56. The number of hydrogen-bond acceptors (Lipinski definition) is 8. The third-order valence-electron chi connectivity index (χ3n) is 4.11. The van der Waals surface area contributed by atoms with Crippen molar-refractivity contribution < 1.29 is 56.9 Å². The molecule has 0 aromatic rings. The second-order valence-corrected chi connectivity index (χ2v) is 10.4. The first kappa shape index (κ1) is 35.7. The Bertz CT molecular complexity index is 564. The molecular weight excluding hydrogens is 477 g/mol. The van der Waals surface area contributed by atoms with Crippen LogP contribution in [0.3, 0.4) is 0 Å². The van der Waals surface area contributed by atoms with E-state index in [4.69, 9.17) is 20.7 Å². The van der Waals surface area contributed by atoms with Crippen LogP contribution in [0, 0.1) is 0 Å². The minimum absolute atomic E-state index is 0. The Labute approximate surface area is 206 Å². The molecule has 1 saturated heterocycles. The molecule has 0 saturated carbocycles. The monoisotopic (exact) mass is 514 g/mol. The standard InChI is InChI=1S/C6H19N3OP.C6H10NO2.C6H6NO2.H2O2.Ti/c1-7(2)11(10,8(3)4)9(5)6;2*8-6(9)5-3-1-2-4-7-5;1-2;/h10H,1-6H3;5H,1-4H2,(H,8,9);1-3H,4H2,(H,8,9);1-2H;/q+1;2*-1;;+2. The smallest absolute Gasteiger partial charge is 0.675 e. The van der Waals surface area contributed by atoms with Crippen molar-refractivity contribution >= 4 is 19.9 Å². The van der Waals surface area contributed by atoms with Gasteiger partial charge in [0.2, 0.25) is 0 Å². The van der Waals surface area contributed by atoms with Gasteiger partial charge in [-0.2, -0.15) is 4.89 Å². The fourth-order valence-electron chi connectivity index (χ4n) is 2.63. The topological polar surface area (TPSA) is 173 Å². The van der Waals surface area contributed by atoms with Crippen LogP contribution in [0.25, 0.3) is 10.6 Å².